The minimum Gasteiger partial charge on any atom is -0.379 e. The molecule has 0 saturated carbocycles. The first-order valence-corrected chi connectivity index (χ1v) is 7.26. The molecule has 5 nitrogen and oxygen atoms in total. The number of aromatic nitrogens is 2. The summed E-state index contributed by atoms with van der Waals surface area (Å²) in [6.45, 7) is 6.64. The second-order valence-electron chi connectivity index (χ2n) is 5.21. The van der Waals surface area contributed by atoms with Crippen LogP contribution in [0.25, 0.3) is 11.0 Å². The molecule has 1 unspecified atom stereocenters. The molecule has 0 bridgehead atoms. The number of hydrogen-bond acceptors (Lipinski definition) is 4. The number of benzene rings is 1. The van der Waals surface area contributed by atoms with E-state index in [1.807, 2.05) is 18.2 Å². The molecule has 3 rings (SSSR count). The Kier molecular flexibility index (Phi) is 3.83. The van der Waals surface area contributed by atoms with Crippen molar-refractivity contribution in [3.63, 3.8) is 0 Å². The van der Waals surface area contributed by atoms with Crippen LogP contribution >= 0.6 is 11.6 Å². The van der Waals surface area contributed by atoms with Gasteiger partial charge >= 0.3 is 0 Å². The number of imidazole rings is 1. The van der Waals surface area contributed by atoms with E-state index in [0.717, 1.165) is 43.9 Å². The molecule has 1 aromatic heterocycles. The summed E-state index contributed by atoms with van der Waals surface area (Å²) in [5.74, 6) is 0.522. The first-order valence-electron chi connectivity index (χ1n) is 6.89. The van der Waals surface area contributed by atoms with Crippen molar-refractivity contribution in [3.8, 4) is 0 Å². The number of ether oxygens (including phenoxy) is 1. The zero-order chi connectivity index (χ0) is 14.1. The van der Waals surface area contributed by atoms with Crippen molar-refractivity contribution in [1.29, 1.82) is 0 Å². The van der Waals surface area contributed by atoms with E-state index >= 15 is 0 Å². The van der Waals surface area contributed by atoms with Gasteiger partial charge in [-0.15, -0.1) is 0 Å². The van der Waals surface area contributed by atoms with Crippen molar-refractivity contribution < 1.29 is 4.74 Å². The Morgan fingerprint density at radius 2 is 2.15 bits per heavy atom. The van der Waals surface area contributed by atoms with Gasteiger partial charge in [0.25, 0.3) is 0 Å². The van der Waals surface area contributed by atoms with Gasteiger partial charge in [-0.25, -0.2) is 4.98 Å². The molecule has 0 radical (unpaired) electrons. The lowest BCUT2D eigenvalue weighted by Gasteiger charge is -2.30. The van der Waals surface area contributed by atoms with Crippen LogP contribution in [0.3, 0.4) is 0 Å². The highest BCUT2D eigenvalue weighted by Crippen LogP contribution is 2.28. The highest BCUT2D eigenvalue weighted by Gasteiger charge is 2.19. The summed E-state index contributed by atoms with van der Waals surface area (Å²) < 4.78 is 7.44. The number of halogens is 1. The molecule has 6 heteroatoms. The third-order valence-electron chi connectivity index (χ3n) is 3.77. The lowest BCUT2D eigenvalue weighted by atomic mass is 10.2. The van der Waals surface area contributed by atoms with Gasteiger partial charge in [0, 0.05) is 25.7 Å². The van der Waals surface area contributed by atoms with Crippen LogP contribution in [-0.2, 0) is 4.74 Å². The van der Waals surface area contributed by atoms with Gasteiger partial charge in [-0.1, -0.05) is 17.7 Å². The molecule has 1 aromatic carbocycles. The van der Waals surface area contributed by atoms with Crippen LogP contribution in [-0.4, -0.2) is 47.3 Å². The Morgan fingerprint density at radius 3 is 2.90 bits per heavy atom. The number of anilines is 1. The van der Waals surface area contributed by atoms with Gasteiger partial charge in [0.1, 0.15) is 5.52 Å². The van der Waals surface area contributed by atoms with E-state index in [-0.39, 0.29) is 6.04 Å². The van der Waals surface area contributed by atoms with Gasteiger partial charge in [0.05, 0.1) is 23.8 Å². The Bertz CT molecular complexity index is 606. The molecule has 0 spiro atoms. The summed E-state index contributed by atoms with van der Waals surface area (Å²) in [5, 5.41) is 0.645. The SMILES string of the molecule is CC(CN1CCOCC1)n1c(N)nc2c(Cl)cccc21. The lowest BCUT2D eigenvalue weighted by Crippen LogP contribution is -2.39. The first kappa shape index (κ1) is 13.7. The molecular weight excluding hydrogens is 276 g/mol. The smallest absolute Gasteiger partial charge is 0.201 e. The Balaban J connectivity index is 1.88. The van der Waals surface area contributed by atoms with Crippen LogP contribution in [0.15, 0.2) is 18.2 Å². The summed E-state index contributed by atoms with van der Waals surface area (Å²) in [5.41, 5.74) is 7.85. The molecule has 1 fully saturated rings. The largest absolute Gasteiger partial charge is 0.379 e. The minimum absolute atomic E-state index is 0.247. The second kappa shape index (κ2) is 5.60. The average Bonchev–Trinajstić information content (AvgIpc) is 2.78. The first-order chi connectivity index (χ1) is 9.66. The highest BCUT2D eigenvalue weighted by atomic mass is 35.5. The Labute approximate surface area is 123 Å². The van der Waals surface area contributed by atoms with E-state index in [2.05, 4.69) is 21.4 Å². The fourth-order valence-corrected chi connectivity index (χ4v) is 3.01. The molecule has 2 aromatic rings. The van der Waals surface area contributed by atoms with Gasteiger partial charge in [-0.2, -0.15) is 0 Å². The van der Waals surface area contributed by atoms with Crippen LogP contribution in [0.4, 0.5) is 5.95 Å². The summed E-state index contributed by atoms with van der Waals surface area (Å²) in [6.07, 6.45) is 0. The van der Waals surface area contributed by atoms with Crippen molar-refractivity contribution in [3.05, 3.63) is 23.2 Å². The van der Waals surface area contributed by atoms with Crippen molar-refractivity contribution in [2.45, 2.75) is 13.0 Å². The zero-order valence-electron chi connectivity index (χ0n) is 11.6. The number of nitrogens with two attached hydrogens (primary N) is 1. The number of fused-ring (bicyclic) bond motifs is 1. The van der Waals surface area contributed by atoms with Crippen LogP contribution in [0.2, 0.25) is 5.02 Å². The van der Waals surface area contributed by atoms with Gasteiger partial charge in [0.15, 0.2) is 0 Å². The summed E-state index contributed by atoms with van der Waals surface area (Å²) in [7, 11) is 0. The quantitative estimate of drug-likeness (QED) is 0.942. The number of nitrogens with zero attached hydrogens (tertiary/aromatic N) is 3. The molecule has 1 aliphatic rings. The summed E-state index contributed by atoms with van der Waals surface area (Å²) >= 11 is 6.18. The van der Waals surface area contributed by atoms with E-state index in [1.54, 1.807) is 0 Å². The molecule has 1 saturated heterocycles. The second-order valence-corrected chi connectivity index (χ2v) is 5.62. The highest BCUT2D eigenvalue weighted by molar-refractivity contribution is 6.35. The lowest BCUT2D eigenvalue weighted by molar-refractivity contribution is 0.0329. The van der Waals surface area contributed by atoms with Gasteiger partial charge in [0.2, 0.25) is 5.95 Å². The van der Waals surface area contributed by atoms with Crippen LogP contribution in [0.1, 0.15) is 13.0 Å². The third kappa shape index (κ3) is 2.49. The number of nitrogen functional groups attached to an aromatic ring is 1. The van der Waals surface area contributed by atoms with Gasteiger partial charge in [-0.05, 0) is 19.1 Å². The number of para-hydroxylation sites is 1. The number of morpholine rings is 1. The fraction of sp³-hybridized carbons (Fsp3) is 0.500. The topological polar surface area (TPSA) is 56.3 Å². The molecule has 1 aliphatic heterocycles. The maximum Gasteiger partial charge on any atom is 0.201 e. The van der Waals surface area contributed by atoms with E-state index in [1.165, 1.54) is 0 Å². The maximum atomic E-state index is 6.18. The molecule has 20 heavy (non-hydrogen) atoms. The van der Waals surface area contributed by atoms with Crippen molar-refractivity contribution >= 4 is 28.6 Å². The van der Waals surface area contributed by atoms with Crippen molar-refractivity contribution in [2.24, 2.45) is 0 Å². The van der Waals surface area contributed by atoms with E-state index in [4.69, 9.17) is 22.1 Å². The predicted octanol–water partition coefficient (Wildman–Crippen LogP) is 2.17. The van der Waals surface area contributed by atoms with Crippen LogP contribution < -0.4 is 5.73 Å². The molecular formula is C14H19ClN4O. The van der Waals surface area contributed by atoms with Crippen molar-refractivity contribution in [2.75, 3.05) is 38.6 Å². The van der Waals surface area contributed by atoms with Gasteiger partial charge in [-0.3, -0.25) is 4.90 Å². The molecule has 0 amide bonds. The summed E-state index contributed by atoms with van der Waals surface area (Å²) in [4.78, 5) is 6.79. The number of rotatable bonds is 3. The fourth-order valence-electron chi connectivity index (χ4n) is 2.80. The predicted molar refractivity (Wildman–Crippen MR) is 81.1 cm³/mol. The van der Waals surface area contributed by atoms with E-state index in [0.29, 0.717) is 11.0 Å². The normalized spacial score (nSPS) is 18.5. The monoisotopic (exact) mass is 294 g/mol. The average molecular weight is 295 g/mol. The molecule has 2 N–H and O–H groups in total. The molecule has 1 atom stereocenters. The Morgan fingerprint density at radius 1 is 1.40 bits per heavy atom. The zero-order valence-corrected chi connectivity index (χ0v) is 12.3. The minimum atomic E-state index is 0.247. The van der Waals surface area contributed by atoms with Crippen LogP contribution in [0, 0.1) is 0 Å². The Hall–Kier alpha value is -1.30. The van der Waals surface area contributed by atoms with Crippen molar-refractivity contribution in [1.82, 2.24) is 14.5 Å². The van der Waals surface area contributed by atoms with E-state index < -0.39 is 0 Å². The number of hydrogen-bond donors (Lipinski definition) is 1. The molecule has 2 heterocycles. The third-order valence-corrected chi connectivity index (χ3v) is 4.07. The van der Waals surface area contributed by atoms with Gasteiger partial charge < -0.3 is 15.0 Å². The summed E-state index contributed by atoms with van der Waals surface area (Å²) in [6, 6.07) is 6.04. The molecule has 0 aliphatic carbocycles. The molecule has 108 valence electrons. The standard InChI is InChI=1S/C14H19ClN4O/c1-10(9-18-5-7-20-8-6-18)19-12-4-2-3-11(15)13(12)17-14(19)16/h2-4,10H,5-9H2,1H3,(H2,16,17). The maximum absolute atomic E-state index is 6.18. The van der Waals surface area contributed by atoms with E-state index in [9.17, 15) is 0 Å². The van der Waals surface area contributed by atoms with Crippen LogP contribution in [0.5, 0.6) is 0 Å².